The topological polar surface area (TPSA) is 73.2 Å². The van der Waals surface area contributed by atoms with Crippen molar-refractivity contribution >= 4 is 11.9 Å². The number of nitrogens with one attached hydrogen (secondary N) is 1. The highest BCUT2D eigenvalue weighted by molar-refractivity contribution is 5.98. The second kappa shape index (κ2) is 8.65. The number of carbonyl (C=O) groups is 2. The molecular weight excluding hydrogens is 330 g/mol. The number of esters is 1. The van der Waals surface area contributed by atoms with E-state index in [0.29, 0.717) is 18.5 Å². The van der Waals surface area contributed by atoms with Crippen molar-refractivity contribution in [2.24, 2.45) is 5.92 Å². The third kappa shape index (κ3) is 4.71. The van der Waals surface area contributed by atoms with Crippen LogP contribution in [0.1, 0.15) is 47.7 Å². The van der Waals surface area contributed by atoms with E-state index in [1.807, 2.05) is 56.5 Å². The standard InChI is InChI=1S/C20H27N3O3/c1-13(2)10-18(20(25)26-5)22-19(24)17-11-14(3)23(15(17)4)12-16-8-6-7-9-21-16/h6-9,11,13,18H,10,12H2,1-5H3,(H,22,24). The van der Waals surface area contributed by atoms with E-state index in [1.54, 1.807) is 6.20 Å². The van der Waals surface area contributed by atoms with Gasteiger partial charge in [0.25, 0.3) is 5.91 Å². The van der Waals surface area contributed by atoms with E-state index in [2.05, 4.69) is 10.3 Å². The molecule has 0 radical (unpaired) electrons. The van der Waals surface area contributed by atoms with Crippen molar-refractivity contribution in [3.63, 3.8) is 0 Å². The summed E-state index contributed by atoms with van der Waals surface area (Å²) in [7, 11) is 1.33. The van der Waals surface area contributed by atoms with Crippen molar-refractivity contribution in [2.45, 2.75) is 46.7 Å². The van der Waals surface area contributed by atoms with Gasteiger partial charge in [-0.25, -0.2) is 4.79 Å². The van der Waals surface area contributed by atoms with Gasteiger partial charge in [-0.05, 0) is 44.4 Å². The number of methoxy groups -OCH3 is 1. The molecule has 0 aliphatic rings. The molecule has 0 saturated carbocycles. The third-order valence-corrected chi connectivity index (χ3v) is 4.36. The highest BCUT2D eigenvalue weighted by atomic mass is 16.5. The van der Waals surface area contributed by atoms with E-state index in [-0.39, 0.29) is 11.8 Å². The maximum absolute atomic E-state index is 12.7. The Balaban J connectivity index is 2.21. The molecule has 2 aromatic rings. The lowest BCUT2D eigenvalue weighted by atomic mass is 10.0. The van der Waals surface area contributed by atoms with Crippen LogP contribution in [0, 0.1) is 19.8 Å². The summed E-state index contributed by atoms with van der Waals surface area (Å²) in [6.45, 7) is 8.46. The van der Waals surface area contributed by atoms with Gasteiger partial charge in [0.1, 0.15) is 6.04 Å². The Morgan fingerprint density at radius 2 is 2.00 bits per heavy atom. The summed E-state index contributed by atoms with van der Waals surface area (Å²) in [6.07, 6.45) is 2.29. The first-order chi connectivity index (χ1) is 12.3. The number of aromatic nitrogens is 2. The quantitative estimate of drug-likeness (QED) is 0.774. The van der Waals surface area contributed by atoms with Crippen molar-refractivity contribution < 1.29 is 14.3 Å². The molecule has 0 saturated heterocycles. The molecule has 140 valence electrons. The fraction of sp³-hybridized carbons (Fsp3) is 0.450. The van der Waals surface area contributed by atoms with Gasteiger partial charge >= 0.3 is 5.97 Å². The van der Waals surface area contributed by atoms with Gasteiger partial charge in [0, 0.05) is 17.6 Å². The number of amides is 1. The Morgan fingerprint density at radius 3 is 2.58 bits per heavy atom. The van der Waals surface area contributed by atoms with Gasteiger partial charge in [-0.1, -0.05) is 19.9 Å². The molecule has 1 N–H and O–H groups in total. The minimum Gasteiger partial charge on any atom is -0.467 e. The van der Waals surface area contributed by atoms with Crippen molar-refractivity contribution in [3.05, 3.63) is 53.1 Å². The van der Waals surface area contributed by atoms with Crippen LogP contribution in [0.4, 0.5) is 0 Å². The molecule has 0 aromatic carbocycles. The fourth-order valence-corrected chi connectivity index (χ4v) is 2.99. The zero-order chi connectivity index (χ0) is 19.3. The number of ether oxygens (including phenoxy) is 1. The van der Waals surface area contributed by atoms with E-state index in [0.717, 1.165) is 17.1 Å². The highest BCUT2D eigenvalue weighted by Crippen LogP contribution is 2.17. The van der Waals surface area contributed by atoms with Gasteiger partial charge in [-0.2, -0.15) is 0 Å². The van der Waals surface area contributed by atoms with Crippen molar-refractivity contribution in [3.8, 4) is 0 Å². The maximum Gasteiger partial charge on any atom is 0.328 e. The lowest BCUT2D eigenvalue weighted by molar-refractivity contribution is -0.143. The van der Waals surface area contributed by atoms with Crippen LogP contribution in [0.5, 0.6) is 0 Å². The molecule has 0 fully saturated rings. The van der Waals surface area contributed by atoms with Crippen molar-refractivity contribution in [1.82, 2.24) is 14.9 Å². The lowest BCUT2D eigenvalue weighted by Gasteiger charge is -2.18. The van der Waals surface area contributed by atoms with Crippen LogP contribution in [0.15, 0.2) is 30.5 Å². The molecule has 0 bridgehead atoms. The summed E-state index contributed by atoms with van der Waals surface area (Å²) in [5.41, 5.74) is 3.31. The van der Waals surface area contributed by atoms with Crippen LogP contribution in [0.2, 0.25) is 0 Å². The summed E-state index contributed by atoms with van der Waals surface area (Å²) in [5, 5.41) is 2.82. The molecule has 1 atom stereocenters. The summed E-state index contributed by atoms with van der Waals surface area (Å²) in [6, 6.07) is 6.97. The molecular formula is C20H27N3O3. The van der Waals surface area contributed by atoms with Crippen LogP contribution in [-0.2, 0) is 16.1 Å². The van der Waals surface area contributed by atoms with Crippen LogP contribution in [0.25, 0.3) is 0 Å². The highest BCUT2D eigenvalue weighted by Gasteiger charge is 2.25. The zero-order valence-electron chi connectivity index (χ0n) is 16.1. The molecule has 2 rings (SSSR count). The number of hydrogen-bond acceptors (Lipinski definition) is 4. The molecule has 6 nitrogen and oxygen atoms in total. The van der Waals surface area contributed by atoms with E-state index in [9.17, 15) is 9.59 Å². The molecule has 2 heterocycles. The second-order valence-corrected chi connectivity index (χ2v) is 6.87. The first-order valence-corrected chi connectivity index (χ1v) is 8.78. The number of pyridine rings is 1. The van der Waals surface area contributed by atoms with E-state index >= 15 is 0 Å². The molecule has 1 amide bonds. The van der Waals surface area contributed by atoms with E-state index < -0.39 is 12.0 Å². The van der Waals surface area contributed by atoms with Crippen LogP contribution in [0.3, 0.4) is 0 Å². The minimum atomic E-state index is -0.647. The summed E-state index contributed by atoms with van der Waals surface area (Å²) >= 11 is 0. The predicted molar refractivity (Wildman–Crippen MR) is 100.0 cm³/mol. The van der Waals surface area contributed by atoms with Gasteiger partial charge in [0.2, 0.25) is 0 Å². The molecule has 0 aliphatic heterocycles. The van der Waals surface area contributed by atoms with Crippen LogP contribution >= 0.6 is 0 Å². The first-order valence-electron chi connectivity index (χ1n) is 8.78. The summed E-state index contributed by atoms with van der Waals surface area (Å²) in [4.78, 5) is 29.1. The Morgan fingerprint density at radius 1 is 1.27 bits per heavy atom. The van der Waals surface area contributed by atoms with E-state index in [4.69, 9.17) is 4.74 Å². The summed E-state index contributed by atoms with van der Waals surface area (Å²) < 4.78 is 6.87. The molecule has 2 aromatic heterocycles. The Labute approximate surface area is 154 Å². The molecule has 26 heavy (non-hydrogen) atoms. The fourth-order valence-electron chi connectivity index (χ4n) is 2.99. The SMILES string of the molecule is COC(=O)C(CC(C)C)NC(=O)c1cc(C)n(Cc2ccccn2)c1C. The number of rotatable bonds is 7. The number of aryl methyl sites for hydroxylation is 1. The zero-order valence-corrected chi connectivity index (χ0v) is 16.1. The van der Waals surface area contributed by atoms with Gasteiger partial charge in [0.05, 0.1) is 24.9 Å². The monoisotopic (exact) mass is 357 g/mol. The Kier molecular flexibility index (Phi) is 6.55. The second-order valence-electron chi connectivity index (χ2n) is 6.87. The predicted octanol–water partition coefficient (Wildman–Crippen LogP) is 2.87. The lowest BCUT2D eigenvalue weighted by Crippen LogP contribution is -2.42. The van der Waals surface area contributed by atoms with Gasteiger partial charge in [0.15, 0.2) is 0 Å². The number of hydrogen-bond donors (Lipinski definition) is 1. The number of carbonyl (C=O) groups excluding carboxylic acids is 2. The largest absolute Gasteiger partial charge is 0.467 e. The van der Waals surface area contributed by atoms with E-state index in [1.165, 1.54) is 7.11 Å². The molecule has 6 heteroatoms. The number of nitrogens with zero attached hydrogens (tertiary/aromatic N) is 2. The molecule has 0 spiro atoms. The van der Waals surface area contributed by atoms with Gasteiger partial charge in [-0.3, -0.25) is 9.78 Å². The van der Waals surface area contributed by atoms with Crippen molar-refractivity contribution in [2.75, 3.05) is 7.11 Å². The van der Waals surface area contributed by atoms with Crippen LogP contribution in [-0.4, -0.2) is 34.6 Å². The van der Waals surface area contributed by atoms with Gasteiger partial charge < -0.3 is 14.6 Å². The Hall–Kier alpha value is -2.63. The average molecular weight is 357 g/mol. The Bertz CT molecular complexity index is 766. The molecule has 1 unspecified atom stereocenters. The normalized spacial score (nSPS) is 12.1. The average Bonchev–Trinajstić information content (AvgIpc) is 2.89. The first kappa shape index (κ1) is 19.7. The maximum atomic E-state index is 12.7. The molecule has 0 aliphatic carbocycles. The van der Waals surface area contributed by atoms with Crippen LogP contribution < -0.4 is 5.32 Å². The van der Waals surface area contributed by atoms with Gasteiger partial charge in [-0.15, -0.1) is 0 Å². The smallest absolute Gasteiger partial charge is 0.328 e. The van der Waals surface area contributed by atoms with Crippen molar-refractivity contribution in [1.29, 1.82) is 0 Å². The summed E-state index contributed by atoms with van der Waals surface area (Å²) in [5.74, 6) is -0.424. The third-order valence-electron chi connectivity index (χ3n) is 4.36. The minimum absolute atomic E-state index is 0.260.